The van der Waals surface area contributed by atoms with Gasteiger partial charge in [0.2, 0.25) is 10.0 Å². The van der Waals surface area contributed by atoms with E-state index in [9.17, 15) is 8.42 Å². The molecule has 0 spiro atoms. The molecule has 0 unspecified atom stereocenters. The summed E-state index contributed by atoms with van der Waals surface area (Å²) in [7, 11) is -3.16. The van der Waals surface area contributed by atoms with Crippen LogP contribution in [0.3, 0.4) is 0 Å². The van der Waals surface area contributed by atoms with E-state index in [4.69, 9.17) is 9.47 Å². The van der Waals surface area contributed by atoms with Crippen molar-refractivity contribution in [3.63, 3.8) is 0 Å². The normalized spacial score (nSPS) is 23.5. The Hall–Kier alpha value is -1.27. The summed E-state index contributed by atoms with van der Waals surface area (Å²) in [5, 5.41) is 0. The smallest absolute Gasteiger partial charge is 0.211 e. The van der Waals surface area contributed by atoms with Crippen molar-refractivity contribution in [3.8, 4) is 11.5 Å². The van der Waals surface area contributed by atoms with E-state index in [2.05, 4.69) is 0 Å². The average Bonchev–Trinajstić information content (AvgIpc) is 2.87. The molecule has 0 bridgehead atoms. The van der Waals surface area contributed by atoms with E-state index in [1.165, 1.54) is 6.26 Å². The summed E-state index contributed by atoms with van der Waals surface area (Å²) in [6.45, 7) is 1.69. The van der Waals surface area contributed by atoms with Gasteiger partial charge in [0.15, 0.2) is 11.5 Å². The minimum Gasteiger partial charge on any atom is -0.486 e. The van der Waals surface area contributed by atoms with Crippen LogP contribution in [-0.2, 0) is 10.0 Å². The molecule has 104 valence electrons. The van der Waals surface area contributed by atoms with Gasteiger partial charge in [0.25, 0.3) is 0 Å². The lowest BCUT2D eigenvalue weighted by Gasteiger charge is -2.24. The highest BCUT2D eigenvalue weighted by molar-refractivity contribution is 7.88. The summed E-state index contributed by atoms with van der Waals surface area (Å²) < 4.78 is 36.1. The zero-order chi connectivity index (χ0) is 13.5. The third-order valence-corrected chi connectivity index (χ3v) is 4.87. The zero-order valence-corrected chi connectivity index (χ0v) is 11.6. The van der Waals surface area contributed by atoms with Crippen LogP contribution >= 0.6 is 0 Å². The van der Waals surface area contributed by atoms with Gasteiger partial charge < -0.3 is 9.47 Å². The molecule has 0 amide bonds. The lowest BCUT2D eigenvalue weighted by atomic mass is 10.0. The van der Waals surface area contributed by atoms with Crippen molar-refractivity contribution in [2.45, 2.75) is 18.9 Å². The first-order chi connectivity index (χ1) is 9.05. The Kier molecular flexibility index (Phi) is 3.14. The number of hydrogen-bond acceptors (Lipinski definition) is 4. The van der Waals surface area contributed by atoms with Gasteiger partial charge in [-0.25, -0.2) is 8.42 Å². The Labute approximate surface area is 113 Å². The largest absolute Gasteiger partial charge is 0.486 e. The van der Waals surface area contributed by atoms with E-state index in [1.54, 1.807) is 4.31 Å². The summed E-state index contributed by atoms with van der Waals surface area (Å²) in [5.41, 5.74) is 0.979. The predicted octanol–water partition coefficient (Wildman–Crippen LogP) is 1.55. The van der Waals surface area contributed by atoms with Gasteiger partial charge in [0.05, 0.1) is 6.26 Å². The van der Waals surface area contributed by atoms with Gasteiger partial charge in [0, 0.05) is 12.6 Å². The van der Waals surface area contributed by atoms with Gasteiger partial charge in [-0.05, 0) is 30.5 Å². The first-order valence-electron chi connectivity index (χ1n) is 6.42. The molecule has 0 saturated carbocycles. The van der Waals surface area contributed by atoms with Gasteiger partial charge >= 0.3 is 0 Å². The van der Waals surface area contributed by atoms with Crippen LogP contribution in [0.1, 0.15) is 24.4 Å². The molecule has 1 aromatic rings. The summed E-state index contributed by atoms with van der Waals surface area (Å²) in [6.07, 6.45) is 3.02. The minimum atomic E-state index is -3.16. The molecule has 1 saturated heterocycles. The second-order valence-electron chi connectivity index (χ2n) is 4.93. The van der Waals surface area contributed by atoms with Gasteiger partial charge in [-0.1, -0.05) is 6.07 Å². The quantitative estimate of drug-likeness (QED) is 0.826. The molecule has 0 N–H and O–H groups in total. The fourth-order valence-corrected chi connectivity index (χ4v) is 3.89. The minimum absolute atomic E-state index is 0.0779. The van der Waals surface area contributed by atoms with E-state index in [0.717, 1.165) is 24.2 Å². The SMILES string of the molecule is CS(=O)(=O)N1CCC[C@@H]1c1ccc2c(c1)OCCO2. The van der Waals surface area contributed by atoms with Crippen LogP contribution in [0.2, 0.25) is 0 Å². The number of fused-ring (bicyclic) bond motifs is 1. The van der Waals surface area contributed by atoms with Crippen LogP contribution in [0.4, 0.5) is 0 Å². The second kappa shape index (κ2) is 4.68. The van der Waals surface area contributed by atoms with Crippen LogP contribution in [-0.4, -0.2) is 38.7 Å². The molecule has 1 aromatic carbocycles. The number of sulfonamides is 1. The van der Waals surface area contributed by atoms with Crippen molar-refractivity contribution in [2.75, 3.05) is 26.0 Å². The molecular weight excluding hydrogens is 266 g/mol. The van der Waals surface area contributed by atoms with Crippen LogP contribution in [0.15, 0.2) is 18.2 Å². The van der Waals surface area contributed by atoms with Gasteiger partial charge in [-0.2, -0.15) is 4.31 Å². The number of hydrogen-bond donors (Lipinski definition) is 0. The van der Waals surface area contributed by atoms with Crippen molar-refractivity contribution >= 4 is 10.0 Å². The first-order valence-corrected chi connectivity index (χ1v) is 8.27. The molecule has 19 heavy (non-hydrogen) atoms. The Morgan fingerprint density at radius 2 is 1.95 bits per heavy atom. The Morgan fingerprint density at radius 1 is 1.21 bits per heavy atom. The average molecular weight is 283 g/mol. The zero-order valence-electron chi connectivity index (χ0n) is 10.8. The molecule has 6 heteroatoms. The van der Waals surface area contributed by atoms with Crippen LogP contribution in [0, 0.1) is 0 Å². The molecule has 0 radical (unpaired) electrons. The highest BCUT2D eigenvalue weighted by Gasteiger charge is 2.33. The third kappa shape index (κ3) is 2.42. The molecular formula is C13H17NO4S. The monoisotopic (exact) mass is 283 g/mol. The maximum atomic E-state index is 11.8. The van der Waals surface area contributed by atoms with Gasteiger partial charge in [-0.15, -0.1) is 0 Å². The fraction of sp³-hybridized carbons (Fsp3) is 0.538. The Morgan fingerprint density at radius 3 is 2.68 bits per heavy atom. The molecule has 0 aliphatic carbocycles. The topological polar surface area (TPSA) is 55.8 Å². The van der Waals surface area contributed by atoms with Crippen molar-refractivity contribution in [3.05, 3.63) is 23.8 Å². The van der Waals surface area contributed by atoms with Crippen LogP contribution in [0.25, 0.3) is 0 Å². The molecule has 2 aliphatic rings. The first kappa shape index (κ1) is 12.7. The molecule has 5 nitrogen and oxygen atoms in total. The summed E-state index contributed by atoms with van der Waals surface area (Å²) in [4.78, 5) is 0. The maximum Gasteiger partial charge on any atom is 0.211 e. The highest BCUT2D eigenvalue weighted by atomic mass is 32.2. The maximum absolute atomic E-state index is 11.8. The molecule has 2 aliphatic heterocycles. The second-order valence-corrected chi connectivity index (χ2v) is 6.87. The number of ether oxygens (including phenoxy) is 2. The standard InChI is InChI=1S/C13H17NO4S/c1-19(15,16)14-6-2-3-11(14)10-4-5-12-13(9-10)18-8-7-17-12/h4-5,9,11H,2-3,6-8H2,1H3/t11-/m1/s1. The van der Waals surface area contributed by atoms with Crippen molar-refractivity contribution in [2.24, 2.45) is 0 Å². The molecule has 3 rings (SSSR count). The fourth-order valence-electron chi connectivity index (χ4n) is 2.74. The number of benzene rings is 1. The number of nitrogens with zero attached hydrogens (tertiary/aromatic N) is 1. The van der Waals surface area contributed by atoms with E-state index in [0.29, 0.717) is 25.5 Å². The van der Waals surface area contributed by atoms with Crippen molar-refractivity contribution in [1.82, 2.24) is 4.31 Å². The lowest BCUT2D eigenvalue weighted by Crippen LogP contribution is -2.29. The van der Waals surface area contributed by atoms with Crippen LogP contribution in [0.5, 0.6) is 11.5 Å². The lowest BCUT2D eigenvalue weighted by molar-refractivity contribution is 0.171. The number of rotatable bonds is 2. The molecule has 2 heterocycles. The van der Waals surface area contributed by atoms with Crippen molar-refractivity contribution < 1.29 is 17.9 Å². The van der Waals surface area contributed by atoms with E-state index in [1.807, 2.05) is 18.2 Å². The highest BCUT2D eigenvalue weighted by Crippen LogP contribution is 2.38. The Balaban J connectivity index is 1.93. The molecule has 1 fully saturated rings. The molecule has 0 aromatic heterocycles. The van der Waals surface area contributed by atoms with Crippen LogP contribution < -0.4 is 9.47 Å². The van der Waals surface area contributed by atoms with E-state index >= 15 is 0 Å². The van der Waals surface area contributed by atoms with Crippen molar-refractivity contribution in [1.29, 1.82) is 0 Å². The van der Waals surface area contributed by atoms with Gasteiger partial charge in [-0.3, -0.25) is 0 Å². The van der Waals surface area contributed by atoms with E-state index in [-0.39, 0.29) is 6.04 Å². The summed E-state index contributed by atoms with van der Waals surface area (Å²) >= 11 is 0. The van der Waals surface area contributed by atoms with E-state index < -0.39 is 10.0 Å². The predicted molar refractivity (Wildman–Crippen MR) is 71.0 cm³/mol. The molecule has 1 atom stereocenters. The third-order valence-electron chi connectivity index (χ3n) is 3.58. The Bertz CT molecular complexity index is 584. The summed E-state index contributed by atoms with van der Waals surface area (Å²) in [6, 6.07) is 5.62. The summed E-state index contributed by atoms with van der Waals surface area (Å²) in [5.74, 6) is 1.45. The van der Waals surface area contributed by atoms with Gasteiger partial charge in [0.1, 0.15) is 13.2 Å².